The van der Waals surface area contributed by atoms with Gasteiger partial charge < -0.3 is 9.88 Å². The molecule has 4 heteroatoms. The lowest BCUT2D eigenvalue weighted by Crippen LogP contribution is -2.24. The van der Waals surface area contributed by atoms with Gasteiger partial charge in [0.15, 0.2) is 0 Å². The van der Waals surface area contributed by atoms with E-state index in [1.165, 1.54) is 33.3 Å². The third-order valence-electron chi connectivity index (χ3n) is 4.48. The summed E-state index contributed by atoms with van der Waals surface area (Å²) in [5, 5.41) is 5.50. The molecule has 0 fully saturated rings. The summed E-state index contributed by atoms with van der Waals surface area (Å²) in [6.07, 6.45) is 6.93. The zero-order valence-corrected chi connectivity index (χ0v) is 13.8. The van der Waals surface area contributed by atoms with Crippen molar-refractivity contribution in [3.8, 4) is 0 Å². The van der Waals surface area contributed by atoms with Gasteiger partial charge in [0.1, 0.15) is 0 Å². The van der Waals surface area contributed by atoms with Crippen LogP contribution in [0.1, 0.15) is 23.7 Å². The summed E-state index contributed by atoms with van der Waals surface area (Å²) in [6.45, 7) is 4.06. The molecule has 116 valence electrons. The SMILES string of the molecule is CC(=Cn1c2c(c3cc(Cl)ccc31)CNCC2)c1ccncc1. The summed E-state index contributed by atoms with van der Waals surface area (Å²) in [5.74, 6) is 0. The molecule has 1 aromatic carbocycles. The number of nitrogens with one attached hydrogen (secondary N) is 1. The molecule has 3 nitrogen and oxygen atoms in total. The highest BCUT2D eigenvalue weighted by molar-refractivity contribution is 6.31. The Morgan fingerprint density at radius 1 is 1.26 bits per heavy atom. The number of hydrogen-bond donors (Lipinski definition) is 1. The average molecular weight is 324 g/mol. The molecule has 0 amide bonds. The second-order valence-corrected chi connectivity index (χ2v) is 6.37. The van der Waals surface area contributed by atoms with Gasteiger partial charge in [0.25, 0.3) is 0 Å². The van der Waals surface area contributed by atoms with Crippen molar-refractivity contribution in [3.63, 3.8) is 0 Å². The molecule has 23 heavy (non-hydrogen) atoms. The topological polar surface area (TPSA) is 29.9 Å². The van der Waals surface area contributed by atoms with E-state index in [0.29, 0.717) is 0 Å². The summed E-state index contributed by atoms with van der Waals surface area (Å²) >= 11 is 6.22. The quantitative estimate of drug-likeness (QED) is 0.759. The second-order valence-electron chi connectivity index (χ2n) is 5.93. The van der Waals surface area contributed by atoms with Gasteiger partial charge in [0, 0.05) is 54.2 Å². The molecule has 2 aromatic heterocycles. The van der Waals surface area contributed by atoms with Gasteiger partial charge in [-0.2, -0.15) is 0 Å². The highest BCUT2D eigenvalue weighted by Crippen LogP contribution is 2.32. The summed E-state index contributed by atoms with van der Waals surface area (Å²) in [5.41, 5.74) is 6.39. The molecule has 0 saturated heterocycles. The molecule has 0 aliphatic carbocycles. The van der Waals surface area contributed by atoms with Gasteiger partial charge >= 0.3 is 0 Å². The van der Waals surface area contributed by atoms with E-state index in [1.54, 1.807) is 0 Å². The number of halogens is 1. The van der Waals surface area contributed by atoms with E-state index in [4.69, 9.17) is 11.6 Å². The first-order valence-corrected chi connectivity index (χ1v) is 8.22. The zero-order valence-electron chi connectivity index (χ0n) is 13.0. The Morgan fingerprint density at radius 2 is 2.09 bits per heavy atom. The summed E-state index contributed by atoms with van der Waals surface area (Å²) in [6, 6.07) is 10.3. The highest BCUT2D eigenvalue weighted by atomic mass is 35.5. The minimum atomic E-state index is 0.790. The smallest absolute Gasteiger partial charge is 0.0529 e. The molecule has 1 N–H and O–H groups in total. The number of benzene rings is 1. The van der Waals surface area contributed by atoms with Crippen molar-refractivity contribution in [2.45, 2.75) is 19.9 Å². The maximum atomic E-state index is 6.22. The van der Waals surface area contributed by atoms with Crippen LogP contribution >= 0.6 is 11.6 Å². The largest absolute Gasteiger partial charge is 0.320 e. The Labute approximate surface area is 140 Å². The molecule has 0 atom stereocenters. The molecule has 0 radical (unpaired) electrons. The Balaban J connectivity index is 1.93. The van der Waals surface area contributed by atoms with Crippen molar-refractivity contribution >= 4 is 34.3 Å². The van der Waals surface area contributed by atoms with Crippen LogP contribution in [-0.2, 0) is 13.0 Å². The van der Waals surface area contributed by atoms with Crippen LogP contribution in [0, 0.1) is 0 Å². The normalized spacial score (nSPS) is 15.0. The number of aromatic nitrogens is 2. The van der Waals surface area contributed by atoms with E-state index < -0.39 is 0 Å². The Bertz CT molecular complexity index is 894. The number of pyridine rings is 1. The van der Waals surface area contributed by atoms with Crippen LogP contribution in [0.3, 0.4) is 0 Å². The average Bonchev–Trinajstić information content (AvgIpc) is 2.89. The van der Waals surface area contributed by atoms with E-state index in [-0.39, 0.29) is 0 Å². The van der Waals surface area contributed by atoms with Crippen molar-refractivity contribution in [1.82, 2.24) is 14.9 Å². The van der Waals surface area contributed by atoms with Gasteiger partial charge in [0.2, 0.25) is 0 Å². The highest BCUT2D eigenvalue weighted by Gasteiger charge is 2.19. The summed E-state index contributed by atoms with van der Waals surface area (Å²) < 4.78 is 2.33. The fourth-order valence-electron chi connectivity index (χ4n) is 3.33. The maximum absolute atomic E-state index is 6.22. The van der Waals surface area contributed by atoms with E-state index in [1.807, 2.05) is 30.6 Å². The van der Waals surface area contributed by atoms with Gasteiger partial charge in [-0.05, 0) is 54.0 Å². The molecular formula is C19H18ClN3. The molecule has 3 aromatic rings. The zero-order chi connectivity index (χ0) is 15.8. The van der Waals surface area contributed by atoms with E-state index >= 15 is 0 Å². The first kappa shape index (κ1) is 14.5. The van der Waals surface area contributed by atoms with Crippen molar-refractivity contribution in [3.05, 3.63) is 64.6 Å². The Hall–Kier alpha value is -2.10. The first-order valence-electron chi connectivity index (χ1n) is 7.85. The van der Waals surface area contributed by atoms with Crippen molar-refractivity contribution < 1.29 is 0 Å². The van der Waals surface area contributed by atoms with Crippen LogP contribution in [-0.4, -0.2) is 16.1 Å². The molecule has 4 rings (SSSR count). The van der Waals surface area contributed by atoms with Crippen LogP contribution in [0.25, 0.3) is 22.7 Å². The van der Waals surface area contributed by atoms with E-state index in [0.717, 1.165) is 24.5 Å². The standard InChI is InChI=1S/C19H18ClN3/c1-13(14-4-7-21-8-5-14)12-23-18-3-2-15(20)10-16(18)17-11-22-9-6-19(17)23/h2-5,7-8,10,12,22H,6,9,11H2,1H3. The fraction of sp³-hybridized carbons (Fsp3) is 0.211. The van der Waals surface area contributed by atoms with Crippen LogP contribution in [0.5, 0.6) is 0 Å². The first-order chi connectivity index (χ1) is 11.2. The van der Waals surface area contributed by atoms with Gasteiger partial charge in [-0.3, -0.25) is 4.98 Å². The third kappa shape index (κ3) is 2.56. The lowest BCUT2D eigenvalue weighted by molar-refractivity contribution is 0.634. The van der Waals surface area contributed by atoms with E-state index in [2.05, 4.69) is 40.1 Å². The summed E-state index contributed by atoms with van der Waals surface area (Å²) in [7, 11) is 0. The number of allylic oxidation sites excluding steroid dienone is 1. The van der Waals surface area contributed by atoms with Crippen LogP contribution < -0.4 is 5.32 Å². The lowest BCUT2D eigenvalue weighted by atomic mass is 10.1. The predicted octanol–water partition coefficient (Wildman–Crippen LogP) is 4.35. The minimum absolute atomic E-state index is 0.790. The molecule has 3 heterocycles. The molecule has 1 aliphatic rings. The minimum Gasteiger partial charge on any atom is -0.320 e. The van der Waals surface area contributed by atoms with Gasteiger partial charge in [-0.1, -0.05) is 11.6 Å². The number of hydrogen-bond acceptors (Lipinski definition) is 2. The maximum Gasteiger partial charge on any atom is 0.0529 e. The van der Waals surface area contributed by atoms with Gasteiger partial charge in [0.05, 0.1) is 5.52 Å². The van der Waals surface area contributed by atoms with Crippen LogP contribution in [0.4, 0.5) is 0 Å². The molecule has 1 aliphatic heterocycles. The molecule has 0 unspecified atom stereocenters. The fourth-order valence-corrected chi connectivity index (χ4v) is 3.50. The number of nitrogens with zero attached hydrogens (tertiary/aromatic N) is 2. The Kier molecular flexibility index (Phi) is 3.68. The summed E-state index contributed by atoms with van der Waals surface area (Å²) in [4.78, 5) is 4.10. The van der Waals surface area contributed by atoms with Gasteiger partial charge in [-0.15, -0.1) is 0 Å². The molecular weight excluding hydrogens is 306 g/mol. The molecule has 0 saturated carbocycles. The van der Waals surface area contributed by atoms with Crippen molar-refractivity contribution in [1.29, 1.82) is 0 Å². The van der Waals surface area contributed by atoms with Crippen molar-refractivity contribution in [2.24, 2.45) is 0 Å². The number of fused-ring (bicyclic) bond motifs is 3. The van der Waals surface area contributed by atoms with E-state index in [9.17, 15) is 0 Å². The molecule has 0 spiro atoms. The Morgan fingerprint density at radius 3 is 2.91 bits per heavy atom. The predicted molar refractivity (Wildman–Crippen MR) is 96.4 cm³/mol. The lowest BCUT2D eigenvalue weighted by Gasteiger charge is -2.15. The second kappa shape index (κ2) is 5.84. The molecule has 0 bridgehead atoms. The van der Waals surface area contributed by atoms with Crippen molar-refractivity contribution in [2.75, 3.05) is 6.54 Å². The monoisotopic (exact) mass is 323 g/mol. The third-order valence-corrected chi connectivity index (χ3v) is 4.72. The van der Waals surface area contributed by atoms with Crippen LogP contribution in [0.2, 0.25) is 5.02 Å². The van der Waals surface area contributed by atoms with Gasteiger partial charge in [-0.25, -0.2) is 0 Å². The number of rotatable bonds is 2. The van der Waals surface area contributed by atoms with Crippen LogP contribution in [0.15, 0.2) is 42.7 Å².